The average Bonchev–Trinajstić information content (AvgIpc) is 2.93. The summed E-state index contributed by atoms with van der Waals surface area (Å²) < 4.78 is 13.8. The predicted molar refractivity (Wildman–Crippen MR) is 107 cm³/mol. The summed E-state index contributed by atoms with van der Waals surface area (Å²) in [6.07, 6.45) is 0. The number of benzene rings is 1. The topological polar surface area (TPSA) is 52.2 Å². The normalized spacial score (nSPS) is 16.3. The van der Waals surface area contributed by atoms with E-state index in [1.54, 1.807) is 17.4 Å². The molecule has 5 nitrogen and oxygen atoms in total. The summed E-state index contributed by atoms with van der Waals surface area (Å²) >= 11 is 1.58. The van der Waals surface area contributed by atoms with Crippen molar-refractivity contribution in [1.82, 2.24) is 19.8 Å². The molecule has 1 saturated heterocycles. The van der Waals surface area contributed by atoms with Crippen LogP contribution in [0.15, 0.2) is 29.1 Å². The minimum atomic E-state index is -0.142. The van der Waals surface area contributed by atoms with Gasteiger partial charge < -0.3 is 4.98 Å². The van der Waals surface area contributed by atoms with Crippen molar-refractivity contribution in [3.8, 4) is 0 Å². The number of halogens is 1. The van der Waals surface area contributed by atoms with Crippen LogP contribution in [0.4, 0.5) is 4.39 Å². The number of hydrogen-bond donors (Lipinski definition) is 1. The Morgan fingerprint density at radius 3 is 2.48 bits per heavy atom. The van der Waals surface area contributed by atoms with Crippen LogP contribution in [0.2, 0.25) is 0 Å². The van der Waals surface area contributed by atoms with E-state index in [0.717, 1.165) is 58.2 Å². The minimum Gasteiger partial charge on any atom is -0.309 e. The van der Waals surface area contributed by atoms with E-state index < -0.39 is 0 Å². The first-order valence-corrected chi connectivity index (χ1v) is 10.00. The Labute approximate surface area is 161 Å². The van der Waals surface area contributed by atoms with Crippen molar-refractivity contribution in [1.29, 1.82) is 0 Å². The second kappa shape index (κ2) is 7.50. The summed E-state index contributed by atoms with van der Waals surface area (Å²) in [5, 5.41) is 0.718. The lowest BCUT2D eigenvalue weighted by atomic mass is 10.2. The maximum absolute atomic E-state index is 13.8. The van der Waals surface area contributed by atoms with Gasteiger partial charge in [-0.25, -0.2) is 9.37 Å². The van der Waals surface area contributed by atoms with Crippen molar-refractivity contribution in [2.24, 2.45) is 0 Å². The van der Waals surface area contributed by atoms with Crippen molar-refractivity contribution in [3.63, 3.8) is 0 Å². The molecule has 3 aromatic rings. The number of aromatic nitrogens is 2. The molecule has 0 atom stereocenters. The number of aromatic amines is 1. The van der Waals surface area contributed by atoms with Gasteiger partial charge in [0.2, 0.25) is 0 Å². The molecule has 142 valence electrons. The molecule has 0 amide bonds. The number of nitrogens with zero attached hydrogens (tertiary/aromatic N) is 3. The Morgan fingerprint density at radius 1 is 1.11 bits per heavy atom. The number of aryl methyl sites for hydroxylation is 2. The van der Waals surface area contributed by atoms with E-state index in [9.17, 15) is 9.18 Å². The van der Waals surface area contributed by atoms with Crippen molar-refractivity contribution in [2.75, 3.05) is 26.2 Å². The lowest BCUT2D eigenvalue weighted by Gasteiger charge is -2.34. The highest BCUT2D eigenvalue weighted by Crippen LogP contribution is 2.25. The Hall–Kier alpha value is -2.09. The molecular weight excluding hydrogens is 363 g/mol. The van der Waals surface area contributed by atoms with E-state index >= 15 is 0 Å². The van der Waals surface area contributed by atoms with Gasteiger partial charge in [-0.1, -0.05) is 18.2 Å². The average molecular weight is 386 g/mol. The summed E-state index contributed by atoms with van der Waals surface area (Å²) in [6, 6.07) is 6.95. The van der Waals surface area contributed by atoms with Gasteiger partial charge in [0.05, 0.1) is 11.9 Å². The van der Waals surface area contributed by atoms with E-state index in [4.69, 9.17) is 0 Å². The summed E-state index contributed by atoms with van der Waals surface area (Å²) in [6.45, 7) is 8.76. The third kappa shape index (κ3) is 3.81. The first-order valence-electron chi connectivity index (χ1n) is 9.18. The van der Waals surface area contributed by atoms with Crippen molar-refractivity contribution in [3.05, 3.63) is 62.3 Å². The molecule has 0 saturated carbocycles. The molecule has 1 aromatic carbocycles. The number of thiophene rings is 1. The zero-order valence-electron chi connectivity index (χ0n) is 15.6. The predicted octanol–water partition coefficient (Wildman–Crippen LogP) is 3.06. The lowest BCUT2D eigenvalue weighted by molar-refractivity contribution is 0.119. The Balaban J connectivity index is 1.40. The van der Waals surface area contributed by atoms with Gasteiger partial charge in [-0.05, 0) is 25.5 Å². The van der Waals surface area contributed by atoms with E-state index in [2.05, 4.69) is 19.8 Å². The highest BCUT2D eigenvalue weighted by atomic mass is 32.1. The second-order valence-corrected chi connectivity index (χ2v) is 8.32. The number of rotatable bonds is 4. The van der Waals surface area contributed by atoms with Crippen LogP contribution in [0.3, 0.4) is 0 Å². The van der Waals surface area contributed by atoms with Crippen LogP contribution >= 0.6 is 11.3 Å². The number of hydrogen-bond acceptors (Lipinski definition) is 5. The second-order valence-electron chi connectivity index (χ2n) is 7.12. The van der Waals surface area contributed by atoms with Crippen LogP contribution in [-0.4, -0.2) is 45.9 Å². The third-order valence-electron chi connectivity index (χ3n) is 5.28. The summed E-state index contributed by atoms with van der Waals surface area (Å²) in [4.78, 5) is 26.5. The molecule has 1 aliphatic heterocycles. The van der Waals surface area contributed by atoms with Crippen LogP contribution in [0, 0.1) is 19.7 Å². The van der Waals surface area contributed by atoms with Crippen molar-refractivity contribution in [2.45, 2.75) is 26.9 Å². The number of nitrogens with one attached hydrogen (secondary N) is 1. The van der Waals surface area contributed by atoms with Crippen LogP contribution < -0.4 is 5.56 Å². The molecule has 4 rings (SSSR count). The molecule has 7 heteroatoms. The number of H-pyrrole nitrogens is 1. The van der Waals surface area contributed by atoms with Crippen LogP contribution in [0.1, 0.15) is 21.8 Å². The van der Waals surface area contributed by atoms with Crippen LogP contribution in [-0.2, 0) is 13.1 Å². The van der Waals surface area contributed by atoms with Gasteiger partial charge >= 0.3 is 0 Å². The highest BCUT2D eigenvalue weighted by Gasteiger charge is 2.19. The van der Waals surface area contributed by atoms with E-state index in [0.29, 0.717) is 13.1 Å². The fourth-order valence-corrected chi connectivity index (χ4v) is 4.61. The van der Waals surface area contributed by atoms with Crippen molar-refractivity contribution < 1.29 is 4.39 Å². The molecule has 1 fully saturated rings. The maximum Gasteiger partial charge on any atom is 0.259 e. The van der Waals surface area contributed by atoms with E-state index in [1.807, 2.05) is 26.0 Å². The minimum absolute atomic E-state index is 0.0463. The van der Waals surface area contributed by atoms with Gasteiger partial charge in [0, 0.05) is 43.2 Å². The first kappa shape index (κ1) is 18.3. The van der Waals surface area contributed by atoms with Gasteiger partial charge in [-0.15, -0.1) is 11.3 Å². The van der Waals surface area contributed by atoms with Gasteiger partial charge in [0.15, 0.2) is 0 Å². The monoisotopic (exact) mass is 386 g/mol. The fraction of sp³-hybridized carbons (Fsp3) is 0.400. The van der Waals surface area contributed by atoms with Crippen LogP contribution in [0.25, 0.3) is 10.2 Å². The SMILES string of the molecule is Cc1sc2nc(CN3CCN(Cc4ccccc4F)CC3)[nH]c(=O)c2c1C. The largest absolute Gasteiger partial charge is 0.309 e. The maximum atomic E-state index is 13.8. The van der Waals surface area contributed by atoms with Crippen LogP contribution in [0.5, 0.6) is 0 Å². The lowest BCUT2D eigenvalue weighted by Crippen LogP contribution is -2.45. The molecule has 1 N–H and O–H groups in total. The van der Waals surface area contributed by atoms with Gasteiger partial charge in [-0.2, -0.15) is 0 Å². The molecule has 0 aliphatic carbocycles. The molecule has 0 unspecified atom stereocenters. The van der Waals surface area contributed by atoms with Gasteiger partial charge in [0.25, 0.3) is 5.56 Å². The Kier molecular flexibility index (Phi) is 5.08. The molecular formula is C20H23FN4OS. The molecule has 2 aromatic heterocycles. The smallest absolute Gasteiger partial charge is 0.259 e. The van der Waals surface area contributed by atoms with Gasteiger partial charge in [0.1, 0.15) is 16.5 Å². The molecule has 0 spiro atoms. The van der Waals surface area contributed by atoms with E-state index in [-0.39, 0.29) is 11.4 Å². The van der Waals surface area contributed by atoms with Gasteiger partial charge in [-0.3, -0.25) is 14.6 Å². The fourth-order valence-electron chi connectivity index (χ4n) is 3.56. The third-order valence-corrected chi connectivity index (χ3v) is 6.38. The Bertz CT molecular complexity index is 1020. The zero-order chi connectivity index (χ0) is 19.0. The number of piperazine rings is 1. The molecule has 27 heavy (non-hydrogen) atoms. The van der Waals surface area contributed by atoms with E-state index in [1.165, 1.54) is 6.07 Å². The number of fused-ring (bicyclic) bond motifs is 1. The van der Waals surface area contributed by atoms with Crippen molar-refractivity contribution >= 4 is 21.6 Å². The Morgan fingerprint density at radius 2 is 1.78 bits per heavy atom. The molecule has 0 bridgehead atoms. The molecule has 0 radical (unpaired) electrons. The molecule has 3 heterocycles. The summed E-state index contributed by atoms with van der Waals surface area (Å²) in [5.74, 6) is 0.577. The molecule has 1 aliphatic rings. The first-order chi connectivity index (χ1) is 13.0. The zero-order valence-corrected chi connectivity index (χ0v) is 16.4. The highest BCUT2D eigenvalue weighted by molar-refractivity contribution is 7.18. The quantitative estimate of drug-likeness (QED) is 0.749. The summed E-state index contributed by atoms with van der Waals surface area (Å²) in [5.41, 5.74) is 1.72. The standard InChI is InChI=1S/C20H23FN4OS/c1-13-14(2)27-20-18(13)19(26)22-17(23-20)12-25-9-7-24(8-10-25)11-15-5-3-4-6-16(15)21/h3-6H,7-12H2,1-2H3,(H,22,23,26). The summed E-state index contributed by atoms with van der Waals surface area (Å²) in [7, 11) is 0.